The molecule has 0 aliphatic rings. The van der Waals surface area contributed by atoms with Gasteiger partial charge in [0.15, 0.2) is 0 Å². The summed E-state index contributed by atoms with van der Waals surface area (Å²) >= 11 is 0. The highest BCUT2D eigenvalue weighted by molar-refractivity contribution is 5.87. The lowest BCUT2D eigenvalue weighted by molar-refractivity contribution is -0.159. The zero-order chi connectivity index (χ0) is 25.4. The first-order chi connectivity index (χ1) is 16.4. The number of amides is 1. The average molecular weight is 496 g/mol. The van der Waals surface area contributed by atoms with Crippen molar-refractivity contribution in [1.82, 2.24) is 20.0 Å². The number of alkyl halides is 6. The summed E-state index contributed by atoms with van der Waals surface area (Å²) in [7, 11) is 0. The van der Waals surface area contributed by atoms with Crippen molar-refractivity contribution < 1.29 is 35.7 Å². The third kappa shape index (κ3) is 5.47. The Labute approximate surface area is 194 Å². The number of benzene rings is 2. The molecular formula is C23H18F6N4O2. The number of aromatic nitrogens is 3. The van der Waals surface area contributed by atoms with Crippen LogP contribution in [0, 0.1) is 6.92 Å². The van der Waals surface area contributed by atoms with Crippen LogP contribution in [0.25, 0.3) is 22.3 Å². The summed E-state index contributed by atoms with van der Waals surface area (Å²) in [6.45, 7) is 2.46. The highest BCUT2D eigenvalue weighted by Crippen LogP contribution is 2.31. The predicted octanol–water partition coefficient (Wildman–Crippen LogP) is 5.40. The number of rotatable bonds is 6. The van der Waals surface area contributed by atoms with E-state index in [9.17, 15) is 31.1 Å². The maximum Gasteiger partial charge on any atom is 0.471 e. The first-order valence-corrected chi connectivity index (χ1v) is 10.4. The maximum atomic E-state index is 12.8. The van der Waals surface area contributed by atoms with Gasteiger partial charge in [-0.2, -0.15) is 31.3 Å². The standard InChI is InChI=1S/C23H18F6N4O2/c1-13-12-33(9-8-30-19(34)10-14-2-5-16(6-3-14)22(24,25)26)18-11-15(4-7-17(13)18)20-31-21(35-32-20)23(27,28)29/h2-7,11-12H,8-10H2,1H3,(H,30,34). The van der Waals surface area contributed by atoms with Crippen molar-refractivity contribution in [1.29, 1.82) is 0 Å². The summed E-state index contributed by atoms with van der Waals surface area (Å²) in [4.78, 5) is 15.6. The monoisotopic (exact) mass is 496 g/mol. The SMILES string of the molecule is Cc1cn(CCNC(=O)Cc2ccc(C(F)(F)F)cc2)c2cc(-c3noc(C(F)(F)F)n3)ccc12. The predicted molar refractivity (Wildman–Crippen MR) is 113 cm³/mol. The molecule has 0 bridgehead atoms. The van der Waals surface area contributed by atoms with Crippen LogP contribution in [-0.4, -0.2) is 27.2 Å². The lowest BCUT2D eigenvalue weighted by Crippen LogP contribution is -2.28. The second-order valence-electron chi connectivity index (χ2n) is 7.88. The largest absolute Gasteiger partial charge is 0.471 e. The van der Waals surface area contributed by atoms with Crippen LogP contribution in [0.4, 0.5) is 26.3 Å². The zero-order valence-electron chi connectivity index (χ0n) is 18.2. The summed E-state index contributed by atoms with van der Waals surface area (Å²) in [5, 5.41) is 6.99. The van der Waals surface area contributed by atoms with Crippen molar-refractivity contribution in [3.63, 3.8) is 0 Å². The molecule has 4 aromatic rings. The van der Waals surface area contributed by atoms with Gasteiger partial charge in [0, 0.05) is 35.8 Å². The minimum atomic E-state index is -4.75. The minimum Gasteiger partial charge on any atom is -0.354 e. The molecule has 2 aromatic heterocycles. The van der Waals surface area contributed by atoms with Gasteiger partial charge < -0.3 is 14.4 Å². The van der Waals surface area contributed by atoms with Gasteiger partial charge in [-0.05, 0) is 36.2 Å². The molecule has 0 aliphatic heterocycles. The number of fused-ring (bicyclic) bond motifs is 1. The van der Waals surface area contributed by atoms with Crippen molar-refractivity contribution in [2.24, 2.45) is 0 Å². The van der Waals surface area contributed by atoms with Gasteiger partial charge in [-0.25, -0.2) is 0 Å². The Morgan fingerprint density at radius 1 is 1.03 bits per heavy atom. The molecule has 4 rings (SSSR count). The van der Waals surface area contributed by atoms with Crippen molar-refractivity contribution in [2.75, 3.05) is 6.54 Å². The van der Waals surface area contributed by atoms with Gasteiger partial charge in [0.05, 0.1) is 12.0 Å². The van der Waals surface area contributed by atoms with Crippen molar-refractivity contribution in [3.8, 4) is 11.4 Å². The van der Waals surface area contributed by atoms with Gasteiger partial charge in [-0.1, -0.05) is 29.4 Å². The van der Waals surface area contributed by atoms with E-state index in [0.717, 1.165) is 23.1 Å². The van der Waals surface area contributed by atoms with Crippen LogP contribution in [0.3, 0.4) is 0 Å². The molecule has 1 amide bonds. The molecule has 0 spiro atoms. The second-order valence-corrected chi connectivity index (χ2v) is 7.88. The Hall–Kier alpha value is -3.83. The number of nitrogens with zero attached hydrogens (tertiary/aromatic N) is 3. The average Bonchev–Trinajstić information content (AvgIpc) is 3.39. The van der Waals surface area contributed by atoms with Gasteiger partial charge in [0.25, 0.3) is 0 Å². The molecule has 0 saturated heterocycles. The molecule has 2 heterocycles. The van der Waals surface area contributed by atoms with E-state index in [1.54, 1.807) is 18.2 Å². The van der Waals surface area contributed by atoms with Crippen LogP contribution in [0.2, 0.25) is 0 Å². The zero-order valence-corrected chi connectivity index (χ0v) is 18.2. The molecule has 0 radical (unpaired) electrons. The Kier molecular flexibility index (Phi) is 6.30. The molecule has 2 aromatic carbocycles. The molecule has 184 valence electrons. The number of carbonyl (C=O) groups excluding carboxylic acids is 1. The van der Waals surface area contributed by atoms with Crippen molar-refractivity contribution >= 4 is 16.8 Å². The van der Waals surface area contributed by atoms with Gasteiger partial charge in [0.2, 0.25) is 11.7 Å². The van der Waals surface area contributed by atoms with Gasteiger partial charge in [-0.3, -0.25) is 4.79 Å². The van der Waals surface area contributed by atoms with Crippen LogP contribution in [0.5, 0.6) is 0 Å². The first-order valence-electron chi connectivity index (χ1n) is 10.4. The first kappa shape index (κ1) is 24.3. The van der Waals surface area contributed by atoms with Crippen LogP contribution >= 0.6 is 0 Å². The molecule has 6 nitrogen and oxygen atoms in total. The fraction of sp³-hybridized carbons (Fsp3) is 0.261. The van der Waals surface area contributed by atoms with Gasteiger partial charge in [-0.15, -0.1) is 0 Å². The second kappa shape index (κ2) is 9.08. The van der Waals surface area contributed by atoms with E-state index in [2.05, 4.69) is 20.0 Å². The molecule has 0 fully saturated rings. The molecular weight excluding hydrogens is 478 g/mol. The quantitative estimate of drug-likeness (QED) is 0.363. The van der Waals surface area contributed by atoms with E-state index in [4.69, 9.17) is 0 Å². The summed E-state index contributed by atoms with van der Waals surface area (Å²) in [5.74, 6) is -1.99. The Morgan fingerprint density at radius 3 is 2.37 bits per heavy atom. The highest BCUT2D eigenvalue weighted by Gasteiger charge is 2.38. The molecule has 0 atom stereocenters. The van der Waals surface area contributed by atoms with E-state index >= 15 is 0 Å². The third-order valence-electron chi connectivity index (χ3n) is 5.33. The van der Waals surface area contributed by atoms with Gasteiger partial charge >= 0.3 is 18.2 Å². The normalized spacial score (nSPS) is 12.3. The van der Waals surface area contributed by atoms with Crippen LogP contribution in [0.15, 0.2) is 53.2 Å². The topological polar surface area (TPSA) is 73.0 Å². The van der Waals surface area contributed by atoms with Gasteiger partial charge in [0.1, 0.15) is 0 Å². The summed E-state index contributed by atoms with van der Waals surface area (Å²) in [6, 6.07) is 9.34. The van der Waals surface area contributed by atoms with E-state index < -0.39 is 23.8 Å². The number of halogens is 6. The number of hydrogen-bond acceptors (Lipinski definition) is 4. The summed E-state index contributed by atoms with van der Waals surface area (Å²) in [5.41, 5.74) is 1.62. The smallest absolute Gasteiger partial charge is 0.354 e. The molecule has 0 unspecified atom stereocenters. The van der Waals surface area contributed by atoms with E-state index in [0.29, 0.717) is 23.2 Å². The van der Waals surface area contributed by atoms with Crippen LogP contribution < -0.4 is 5.32 Å². The Balaban J connectivity index is 1.42. The van der Waals surface area contributed by atoms with Crippen LogP contribution in [-0.2, 0) is 30.1 Å². The van der Waals surface area contributed by atoms with Crippen molar-refractivity contribution in [2.45, 2.75) is 32.2 Å². The fourth-order valence-corrected chi connectivity index (χ4v) is 3.63. The summed E-state index contributed by atoms with van der Waals surface area (Å²) < 4.78 is 82.4. The van der Waals surface area contributed by atoms with E-state index in [1.165, 1.54) is 12.1 Å². The molecule has 12 heteroatoms. The Morgan fingerprint density at radius 2 is 1.74 bits per heavy atom. The molecule has 0 saturated carbocycles. The molecule has 1 N–H and O–H groups in total. The lowest BCUT2D eigenvalue weighted by atomic mass is 10.1. The number of carbonyl (C=O) groups is 1. The number of hydrogen-bond donors (Lipinski definition) is 1. The third-order valence-corrected chi connectivity index (χ3v) is 5.33. The fourth-order valence-electron chi connectivity index (χ4n) is 3.63. The van der Waals surface area contributed by atoms with Crippen molar-refractivity contribution in [3.05, 3.63) is 71.2 Å². The molecule has 35 heavy (non-hydrogen) atoms. The number of aryl methyl sites for hydroxylation is 1. The summed E-state index contributed by atoms with van der Waals surface area (Å²) in [6.07, 6.45) is -7.42. The lowest BCUT2D eigenvalue weighted by Gasteiger charge is -2.09. The Bertz CT molecular complexity index is 1350. The highest BCUT2D eigenvalue weighted by atomic mass is 19.4. The maximum absolute atomic E-state index is 12.8. The van der Waals surface area contributed by atoms with E-state index in [1.807, 2.05) is 17.7 Å². The van der Waals surface area contributed by atoms with E-state index in [-0.39, 0.29) is 24.7 Å². The number of nitrogens with one attached hydrogen (secondary N) is 1. The molecule has 0 aliphatic carbocycles. The minimum absolute atomic E-state index is 0.0763. The van der Waals surface area contributed by atoms with Crippen LogP contribution in [0.1, 0.15) is 22.6 Å².